The van der Waals surface area contributed by atoms with Crippen molar-refractivity contribution in [1.29, 1.82) is 0 Å². The van der Waals surface area contributed by atoms with Gasteiger partial charge in [-0.3, -0.25) is 14.5 Å². The lowest BCUT2D eigenvalue weighted by atomic mass is 9.89. The van der Waals surface area contributed by atoms with Crippen LogP contribution in [0.15, 0.2) is 59.4 Å². The van der Waals surface area contributed by atoms with Crippen LogP contribution in [0.1, 0.15) is 87.9 Å². The third kappa shape index (κ3) is 5.54. The van der Waals surface area contributed by atoms with E-state index >= 15 is 0 Å². The van der Waals surface area contributed by atoms with Crippen LogP contribution < -0.4 is 5.56 Å². The van der Waals surface area contributed by atoms with Gasteiger partial charge in [0.1, 0.15) is 5.69 Å². The molecule has 3 aliphatic rings. The molecular weight excluding hydrogens is 486 g/mol. The van der Waals surface area contributed by atoms with Crippen LogP contribution >= 0.6 is 0 Å². The normalized spacial score (nSPS) is 25.3. The second-order valence-corrected chi connectivity index (χ2v) is 12.1. The summed E-state index contributed by atoms with van der Waals surface area (Å²) in [5, 5.41) is 10.0. The van der Waals surface area contributed by atoms with E-state index in [4.69, 9.17) is 4.98 Å². The highest BCUT2D eigenvalue weighted by Crippen LogP contribution is 2.44. The van der Waals surface area contributed by atoms with E-state index in [2.05, 4.69) is 4.90 Å². The van der Waals surface area contributed by atoms with Crippen molar-refractivity contribution in [2.75, 3.05) is 0 Å². The highest BCUT2D eigenvalue weighted by atomic mass is 16.4. The molecule has 1 aliphatic carbocycles. The van der Waals surface area contributed by atoms with Crippen molar-refractivity contribution in [3.8, 4) is 0 Å². The molecule has 6 nitrogen and oxygen atoms in total. The number of benzene rings is 2. The van der Waals surface area contributed by atoms with E-state index in [1.54, 1.807) is 0 Å². The lowest BCUT2D eigenvalue weighted by Crippen LogP contribution is -2.50. The van der Waals surface area contributed by atoms with Gasteiger partial charge >= 0.3 is 5.97 Å². The van der Waals surface area contributed by atoms with E-state index in [0.717, 1.165) is 29.4 Å². The van der Waals surface area contributed by atoms with Gasteiger partial charge in [0.15, 0.2) is 0 Å². The Morgan fingerprint density at radius 1 is 0.795 bits per heavy atom. The van der Waals surface area contributed by atoms with Crippen LogP contribution in [0.3, 0.4) is 0 Å². The topological polar surface area (TPSA) is 75.4 Å². The summed E-state index contributed by atoms with van der Waals surface area (Å²) in [5.74, 6) is -1.58. The van der Waals surface area contributed by atoms with Crippen LogP contribution in [-0.4, -0.2) is 43.7 Å². The van der Waals surface area contributed by atoms with Gasteiger partial charge in [0.2, 0.25) is 0 Å². The van der Waals surface area contributed by atoms with Crippen LogP contribution in [0, 0.1) is 5.92 Å². The zero-order chi connectivity index (χ0) is 26.8. The predicted molar refractivity (Wildman–Crippen MR) is 154 cm³/mol. The minimum absolute atomic E-state index is 0.100. The Labute approximate surface area is 231 Å². The Bertz CT molecular complexity index is 1330. The molecule has 6 rings (SSSR count). The summed E-state index contributed by atoms with van der Waals surface area (Å²) in [6, 6.07) is 19.5. The Kier molecular flexibility index (Phi) is 7.83. The molecule has 0 spiro atoms. The number of carbonyl (C=O) groups is 1. The van der Waals surface area contributed by atoms with Crippen molar-refractivity contribution in [3.63, 3.8) is 0 Å². The molecule has 1 unspecified atom stereocenters. The molecule has 0 amide bonds. The Morgan fingerprint density at radius 2 is 1.44 bits per heavy atom. The van der Waals surface area contributed by atoms with Gasteiger partial charge in [-0.15, -0.1) is 0 Å². The largest absolute Gasteiger partial charge is 0.481 e. The molecule has 2 saturated heterocycles. The molecule has 6 heteroatoms. The SMILES string of the molecule is O=C(O)[C@H](Cc1ccccc1)Cc1nc2ccccc2n(C2C[C@H]3CC[C@@H](C2)N3C2CCCCCCC2)c1=O. The first-order valence-electron chi connectivity index (χ1n) is 15.1. The van der Waals surface area contributed by atoms with E-state index in [1.165, 1.54) is 57.8 Å². The number of aliphatic carboxylic acids is 1. The summed E-state index contributed by atoms with van der Waals surface area (Å²) in [5.41, 5.74) is 2.91. The molecule has 2 aliphatic heterocycles. The van der Waals surface area contributed by atoms with Gasteiger partial charge in [-0.2, -0.15) is 0 Å². The monoisotopic (exact) mass is 527 g/mol. The Balaban J connectivity index is 1.30. The van der Waals surface area contributed by atoms with E-state index in [9.17, 15) is 14.7 Å². The van der Waals surface area contributed by atoms with Crippen LogP contribution in [0.5, 0.6) is 0 Å². The molecule has 4 atom stereocenters. The molecule has 2 bridgehead atoms. The molecule has 3 fully saturated rings. The molecule has 1 aromatic heterocycles. The molecule has 206 valence electrons. The number of carboxylic acids is 1. The number of hydrogen-bond acceptors (Lipinski definition) is 4. The van der Waals surface area contributed by atoms with E-state index in [1.807, 2.05) is 59.2 Å². The summed E-state index contributed by atoms with van der Waals surface area (Å²) >= 11 is 0. The van der Waals surface area contributed by atoms with Crippen molar-refractivity contribution in [1.82, 2.24) is 14.5 Å². The van der Waals surface area contributed by atoms with Gasteiger partial charge in [-0.25, -0.2) is 4.98 Å². The van der Waals surface area contributed by atoms with Gasteiger partial charge in [-0.05, 0) is 62.6 Å². The van der Waals surface area contributed by atoms with Crippen molar-refractivity contribution in [2.24, 2.45) is 5.92 Å². The summed E-state index contributed by atoms with van der Waals surface area (Å²) in [7, 11) is 0. The Morgan fingerprint density at radius 3 is 2.13 bits per heavy atom. The van der Waals surface area contributed by atoms with E-state index in [-0.39, 0.29) is 18.0 Å². The summed E-state index contributed by atoms with van der Waals surface area (Å²) < 4.78 is 2.00. The molecular formula is C33H41N3O3. The molecule has 39 heavy (non-hydrogen) atoms. The standard InChI is InChI=1S/C33H41N3O3/c37-32-30(20-24(33(38)39)19-23-11-5-4-6-12-23)34-29-15-9-10-16-31(29)36(32)28-21-26-17-18-27(22-28)35(26)25-13-7-2-1-3-8-14-25/h4-6,9-12,15-16,24-28H,1-3,7-8,13-14,17-22H2,(H,38,39)/t24-,26-,27+,28?/m1/s1. The Hall–Kier alpha value is -2.99. The maximum absolute atomic E-state index is 14.1. The number of aromatic nitrogens is 2. The predicted octanol–water partition coefficient (Wildman–Crippen LogP) is 6.16. The number of piperidine rings is 1. The first-order chi connectivity index (χ1) is 19.1. The smallest absolute Gasteiger partial charge is 0.307 e. The number of carboxylic acid groups (broad SMARTS) is 1. The van der Waals surface area contributed by atoms with Crippen molar-refractivity contribution in [2.45, 2.75) is 108 Å². The first-order valence-corrected chi connectivity index (χ1v) is 15.1. The number of para-hydroxylation sites is 2. The van der Waals surface area contributed by atoms with Gasteiger partial charge in [0.25, 0.3) is 5.56 Å². The van der Waals surface area contributed by atoms with Crippen molar-refractivity contribution < 1.29 is 9.90 Å². The zero-order valence-electron chi connectivity index (χ0n) is 22.9. The van der Waals surface area contributed by atoms with Gasteiger partial charge in [-0.1, -0.05) is 74.6 Å². The number of hydrogen-bond donors (Lipinski definition) is 1. The van der Waals surface area contributed by atoms with E-state index < -0.39 is 11.9 Å². The van der Waals surface area contributed by atoms with E-state index in [0.29, 0.717) is 30.2 Å². The lowest BCUT2D eigenvalue weighted by molar-refractivity contribution is -0.141. The maximum Gasteiger partial charge on any atom is 0.307 e. The summed E-state index contributed by atoms with van der Waals surface area (Å²) in [6.07, 6.45) is 14.4. The minimum atomic E-state index is -0.884. The average molecular weight is 528 g/mol. The number of nitrogens with zero attached hydrogens (tertiary/aromatic N) is 3. The third-order valence-corrected chi connectivity index (χ3v) is 9.60. The quantitative estimate of drug-likeness (QED) is 0.398. The molecule has 1 saturated carbocycles. The van der Waals surface area contributed by atoms with Crippen LogP contribution in [-0.2, 0) is 17.6 Å². The van der Waals surface area contributed by atoms with Crippen molar-refractivity contribution in [3.05, 3.63) is 76.2 Å². The maximum atomic E-state index is 14.1. The minimum Gasteiger partial charge on any atom is -0.481 e. The molecule has 3 aromatic rings. The average Bonchev–Trinajstić information content (AvgIpc) is 3.17. The van der Waals surface area contributed by atoms with Gasteiger partial charge in [0.05, 0.1) is 17.0 Å². The summed E-state index contributed by atoms with van der Waals surface area (Å²) in [6.45, 7) is 0. The number of rotatable bonds is 7. The molecule has 2 aromatic carbocycles. The molecule has 0 radical (unpaired) electrons. The van der Waals surface area contributed by atoms with Crippen molar-refractivity contribution >= 4 is 17.0 Å². The molecule has 1 N–H and O–H groups in total. The van der Waals surface area contributed by atoms with Gasteiger partial charge < -0.3 is 9.67 Å². The van der Waals surface area contributed by atoms with Gasteiger partial charge in [0, 0.05) is 30.6 Å². The highest BCUT2D eigenvalue weighted by Gasteiger charge is 2.44. The zero-order valence-corrected chi connectivity index (χ0v) is 22.9. The highest BCUT2D eigenvalue weighted by molar-refractivity contribution is 5.75. The summed E-state index contributed by atoms with van der Waals surface area (Å²) in [4.78, 5) is 33.9. The second kappa shape index (κ2) is 11.6. The fraction of sp³-hybridized carbons (Fsp3) is 0.545. The second-order valence-electron chi connectivity index (χ2n) is 12.1. The van der Waals surface area contributed by atoms with Crippen LogP contribution in [0.2, 0.25) is 0 Å². The lowest BCUT2D eigenvalue weighted by Gasteiger charge is -2.45. The fourth-order valence-electron chi connectivity index (χ4n) is 7.80. The fourth-order valence-corrected chi connectivity index (χ4v) is 7.80. The number of fused-ring (bicyclic) bond motifs is 3. The molecule has 3 heterocycles. The third-order valence-electron chi connectivity index (χ3n) is 9.60. The van der Waals surface area contributed by atoms with Crippen LogP contribution in [0.4, 0.5) is 0 Å². The first kappa shape index (κ1) is 26.2. The van der Waals surface area contributed by atoms with Crippen LogP contribution in [0.25, 0.3) is 11.0 Å².